The maximum atomic E-state index is 8.49. The van der Waals surface area contributed by atoms with E-state index >= 15 is 0 Å². The van der Waals surface area contributed by atoms with Crippen LogP contribution in [-0.4, -0.2) is 45.5 Å². The van der Waals surface area contributed by atoms with Gasteiger partial charge in [0.2, 0.25) is 5.82 Å². The Morgan fingerprint density at radius 3 is 2.75 bits per heavy atom. The van der Waals surface area contributed by atoms with Crippen molar-refractivity contribution in [2.24, 2.45) is 10.9 Å². The number of hydrogen-bond donors (Lipinski definition) is 2. The number of hydrogen-bond acceptors (Lipinski definition) is 7. The van der Waals surface area contributed by atoms with Gasteiger partial charge in [0.1, 0.15) is 6.54 Å². The van der Waals surface area contributed by atoms with Crippen LogP contribution in [0.15, 0.2) is 23.4 Å². The third-order valence-electron chi connectivity index (χ3n) is 2.53. The topological polar surface area (TPSA) is 121 Å². The summed E-state index contributed by atoms with van der Waals surface area (Å²) in [7, 11) is 3.10. The number of amidine groups is 1. The monoisotopic (exact) mass is 278 g/mol. The molecule has 0 unspecified atom stereocenters. The molecular weight excluding hydrogens is 264 g/mol. The van der Waals surface area contributed by atoms with Crippen molar-refractivity contribution >= 4 is 5.84 Å². The molecule has 0 aliphatic rings. The molecule has 0 radical (unpaired) electrons. The minimum atomic E-state index is -0.0127. The van der Waals surface area contributed by atoms with E-state index in [9.17, 15) is 0 Å². The van der Waals surface area contributed by atoms with E-state index < -0.39 is 0 Å². The molecule has 2 aromatic rings. The van der Waals surface area contributed by atoms with Crippen LogP contribution in [0.4, 0.5) is 0 Å². The number of oxime groups is 1. The third-order valence-corrected chi connectivity index (χ3v) is 2.53. The molecule has 0 saturated carbocycles. The normalized spacial score (nSPS) is 11.4. The number of ether oxygens (including phenoxy) is 2. The largest absolute Gasteiger partial charge is 0.493 e. The number of aromatic nitrogens is 4. The number of rotatable bonds is 5. The van der Waals surface area contributed by atoms with Crippen molar-refractivity contribution in [3.63, 3.8) is 0 Å². The Morgan fingerprint density at radius 1 is 1.35 bits per heavy atom. The maximum absolute atomic E-state index is 8.49. The summed E-state index contributed by atoms with van der Waals surface area (Å²) in [5, 5.41) is 23.2. The first kappa shape index (κ1) is 13.6. The standard InChI is InChI=1S/C11H14N6O3/c1-19-8-4-3-7(5-9(8)20-2)11-13-16-17(14-11)6-10(12)15-18/h3-5,18H,6H2,1-2H3,(H2,12,15). The zero-order valence-corrected chi connectivity index (χ0v) is 11.0. The highest BCUT2D eigenvalue weighted by Gasteiger charge is 2.11. The van der Waals surface area contributed by atoms with Crippen LogP contribution < -0.4 is 15.2 Å². The van der Waals surface area contributed by atoms with Crippen LogP contribution in [0, 0.1) is 0 Å². The van der Waals surface area contributed by atoms with E-state index in [0.717, 1.165) is 0 Å². The summed E-state index contributed by atoms with van der Waals surface area (Å²) in [5.74, 6) is 1.57. The molecule has 2 rings (SSSR count). The van der Waals surface area contributed by atoms with Crippen LogP contribution in [0.1, 0.15) is 0 Å². The molecule has 1 aromatic heterocycles. The lowest BCUT2D eigenvalue weighted by Crippen LogP contribution is -2.21. The van der Waals surface area contributed by atoms with Gasteiger partial charge < -0.3 is 20.4 Å². The summed E-state index contributed by atoms with van der Waals surface area (Å²) >= 11 is 0. The van der Waals surface area contributed by atoms with Gasteiger partial charge in [0.15, 0.2) is 17.3 Å². The van der Waals surface area contributed by atoms with E-state index in [4.69, 9.17) is 20.4 Å². The minimum Gasteiger partial charge on any atom is -0.493 e. The minimum absolute atomic E-state index is 0.0127. The van der Waals surface area contributed by atoms with E-state index in [0.29, 0.717) is 22.9 Å². The molecule has 0 fully saturated rings. The van der Waals surface area contributed by atoms with Crippen LogP contribution in [0.3, 0.4) is 0 Å². The quantitative estimate of drug-likeness (QED) is 0.344. The van der Waals surface area contributed by atoms with E-state index in [2.05, 4.69) is 20.6 Å². The van der Waals surface area contributed by atoms with Gasteiger partial charge in [0.05, 0.1) is 14.2 Å². The summed E-state index contributed by atoms with van der Waals surface area (Å²) in [6.45, 7) is 0.0524. The van der Waals surface area contributed by atoms with Crippen molar-refractivity contribution in [1.29, 1.82) is 0 Å². The van der Waals surface area contributed by atoms with Crippen molar-refractivity contribution in [2.45, 2.75) is 6.54 Å². The molecule has 0 aliphatic heterocycles. The summed E-state index contributed by atoms with van der Waals surface area (Å²) < 4.78 is 10.4. The highest BCUT2D eigenvalue weighted by atomic mass is 16.5. The van der Waals surface area contributed by atoms with Crippen molar-refractivity contribution in [1.82, 2.24) is 20.2 Å². The Hall–Kier alpha value is -2.84. The van der Waals surface area contributed by atoms with Crippen molar-refractivity contribution in [2.75, 3.05) is 14.2 Å². The number of methoxy groups -OCH3 is 2. The van der Waals surface area contributed by atoms with Crippen LogP contribution in [0.5, 0.6) is 11.5 Å². The van der Waals surface area contributed by atoms with Gasteiger partial charge in [-0.3, -0.25) is 0 Å². The summed E-state index contributed by atoms with van der Waals surface area (Å²) in [6, 6.07) is 5.27. The van der Waals surface area contributed by atoms with Crippen molar-refractivity contribution < 1.29 is 14.7 Å². The lowest BCUT2D eigenvalue weighted by atomic mass is 10.2. The fraction of sp³-hybridized carbons (Fsp3) is 0.273. The molecule has 0 amide bonds. The summed E-state index contributed by atoms with van der Waals surface area (Å²) in [4.78, 5) is 1.22. The molecule has 20 heavy (non-hydrogen) atoms. The van der Waals surface area contributed by atoms with Gasteiger partial charge in [-0.05, 0) is 23.4 Å². The lowest BCUT2D eigenvalue weighted by molar-refractivity contribution is 0.315. The first-order valence-electron chi connectivity index (χ1n) is 5.64. The second kappa shape index (κ2) is 5.87. The second-order valence-corrected chi connectivity index (χ2v) is 3.80. The van der Waals surface area contributed by atoms with Gasteiger partial charge in [0, 0.05) is 5.56 Å². The predicted molar refractivity (Wildman–Crippen MR) is 69.8 cm³/mol. The van der Waals surface area contributed by atoms with Crippen LogP contribution >= 0.6 is 0 Å². The Balaban J connectivity index is 2.28. The number of benzene rings is 1. The molecule has 9 nitrogen and oxygen atoms in total. The highest BCUT2D eigenvalue weighted by molar-refractivity contribution is 5.79. The van der Waals surface area contributed by atoms with Crippen LogP contribution in [0.2, 0.25) is 0 Å². The predicted octanol–water partition coefficient (Wildman–Crippen LogP) is 0.104. The fourth-order valence-corrected chi connectivity index (χ4v) is 1.58. The van der Waals surface area contributed by atoms with Crippen molar-refractivity contribution in [3.05, 3.63) is 18.2 Å². The molecule has 0 bridgehead atoms. The zero-order valence-electron chi connectivity index (χ0n) is 11.0. The van der Waals surface area contributed by atoms with E-state index in [1.807, 2.05) is 0 Å². The van der Waals surface area contributed by atoms with Crippen LogP contribution in [0.25, 0.3) is 11.4 Å². The molecule has 0 aliphatic carbocycles. The first-order chi connectivity index (χ1) is 9.67. The Morgan fingerprint density at radius 2 is 2.10 bits per heavy atom. The third kappa shape index (κ3) is 2.76. The second-order valence-electron chi connectivity index (χ2n) is 3.80. The zero-order chi connectivity index (χ0) is 14.5. The van der Waals surface area contributed by atoms with E-state index in [-0.39, 0.29) is 12.4 Å². The summed E-state index contributed by atoms with van der Waals surface area (Å²) in [5.41, 5.74) is 6.09. The fourth-order valence-electron chi connectivity index (χ4n) is 1.58. The lowest BCUT2D eigenvalue weighted by Gasteiger charge is -2.07. The number of nitrogens with zero attached hydrogens (tertiary/aromatic N) is 5. The average Bonchev–Trinajstić information content (AvgIpc) is 2.94. The molecule has 1 heterocycles. The Bertz CT molecular complexity index is 624. The molecule has 3 N–H and O–H groups in total. The van der Waals surface area contributed by atoms with Gasteiger partial charge in [-0.2, -0.15) is 4.80 Å². The maximum Gasteiger partial charge on any atom is 0.205 e. The van der Waals surface area contributed by atoms with Gasteiger partial charge in [-0.25, -0.2) is 0 Å². The van der Waals surface area contributed by atoms with Crippen molar-refractivity contribution in [3.8, 4) is 22.9 Å². The molecule has 106 valence electrons. The summed E-state index contributed by atoms with van der Waals surface area (Å²) in [6.07, 6.45) is 0. The molecule has 0 spiro atoms. The molecule has 1 aromatic carbocycles. The Kier molecular flexibility index (Phi) is 3.99. The smallest absolute Gasteiger partial charge is 0.205 e. The number of nitrogens with two attached hydrogens (primary N) is 1. The van der Waals surface area contributed by atoms with E-state index in [1.165, 1.54) is 4.80 Å². The van der Waals surface area contributed by atoms with Crippen LogP contribution in [-0.2, 0) is 6.54 Å². The molecular formula is C11H14N6O3. The molecule has 0 saturated heterocycles. The van der Waals surface area contributed by atoms with Gasteiger partial charge in [-0.15, -0.1) is 10.2 Å². The highest BCUT2D eigenvalue weighted by Crippen LogP contribution is 2.30. The van der Waals surface area contributed by atoms with E-state index in [1.54, 1.807) is 32.4 Å². The molecule has 9 heteroatoms. The Labute approximate surface area is 114 Å². The van der Waals surface area contributed by atoms with Gasteiger partial charge in [-0.1, -0.05) is 5.16 Å². The van der Waals surface area contributed by atoms with Gasteiger partial charge >= 0.3 is 0 Å². The van der Waals surface area contributed by atoms with Gasteiger partial charge in [0.25, 0.3) is 0 Å². The molecule has 0 atom stereocenters. The SMILES string of the molecule is COc1ccc(-c2nnn(C/C(N)=N/O)n2)cc1OC. The first-order valence-corrected chi connectivity index (χ1v) is 5.64. The average molecular weight is 278 g/mol. The number of tetrazole rings is 1.